The molecule has 0 unspecified atom stereocenters. The van der Waals surface area contributed by atoms with Crippen molar-refractivity contribution in [3.63, 3.8) is 0 Å². The van der Waals surface area contributed by atoms with Crippen LogP contribution in [0.4, 0.5) is 17.6 Å². The molecule has 2 N–H and O–H groups in total. The third kappa shape index (κ3) is 3.58. The van der Waals surface area contributed by atoms with Gasteiger partial charge in [0.15, 0.2) is 11.5 Å². The Morgan fingerprint density at radius 1 is 1.04 bits per heavy atom. The van der Waals surface area contributed by atoms with Crippen LogP contribution in [0.25, 0.3) is 17.2 Å². The number of imidazole rings is 1. The number of hydrogen-bond donors (Lipinski definition) is 1. The molecule has 0 amide bonds. The van der Waals surface area contributed by atoms with E-state index in [2.05, 4.69) is 9.97 Å². The van der Waals surface area contributed by atoms with E-state index in [0.29, 0.717) is 0 Å². The summed E-state index contributed by atoms with van der Waals surface area (Å²) < 4.78 is 75.9. The van der Waals surface area contributed by atoms with E-state index in [1.54, 1.807) is 0 Å². The van der Waals surface area contributed by atoms with Crippen LogP contribution in [0.15, 0.2) is 53.7 Å². The molecule has 0 spiro atoms. The number of halogens is 4. The van der Waals surface area contributed by atoms with Gasteiger partial charge < -0.3 is 0 Å². The van der Waals surface area contributed by atoms with Crippen LogP contribution in [0.5, 0.6) is 0 Å². The lowest BCUT2D eigenvalue weighted by Crippen LogP contribution is -2.12. The third-order valence-electron chi connectivity index (χ3n) is 3.40. The van der Waals surface area contributed by atoms with Crippen molar-refractivity contribution in [3.8, 4) is 17.2 Å². The fourth-order valence-corrected chi connectivity index (χ4v) is 2.71. The van der Waals surface area contributed by atoms with Gasteiger partial charge >= 0.3 is 6.18 Å². The van der Waals surface area contributed by atoms with Crippen LogP contribution in [0.2, 0.25) is 0 Å². The quantitative estimate of drug-likeness (QED) is 0.701. The predicted molar refractivity (Wildman–Crippen MR) is 83.1 cm³/mol. The Hall–Kier alpha value is -2.79. The minimum Gasteiger partial charge on any atom is -0.298 e. The highest BCUT2D eigenvalue weighted by Gasteiger charge is 2.35. The summed E-state index contributed by atoms with van der Waals surface area (Å²) in [5, 5.41) is 5.00. The lowest BCUT2D eigenvalue weighted by Gasteiger charge is -2.08. The Labute approximate surface area is 145 Å². The van der Waals surface area contributed by atoms with Crippen LogP contribution in [0, 0.1) is 5.82 Å². The molecular weight excluding hydrogens is 376 g/mol. The molecular formula is C15H10F4N4O2S. The van der Waals surface area contributed by atoms with Gasteiger partial charge in [-0.05, 0) is 36.4 Å². The molecule has 0 aliphatic rings. The van der Waals surface area contributed by atoms with Crippen molar-refractivity contribution in [2.75, 3.05) is 0 Å². The predicted octanol–water partition coefficient (Wildman–Crippen LogP) is 2.74. The summed E-state index contributed by atoms with van der Waals surface area (Å²) in [6.45, 7) is 0. The van der Waals surface area contributed by atoms with Crippen molar-refractivity contribution in [1.29, 1.82) is 0 Å². The molecule has 0 bridgehead atoms. The number of aromatic nitrogens is 3. The first-order valence-electron chi connectivity index (χ1n) is 6.97. The Morgan fingerprint density at radius 2 is 1.69 bits per heavy atom. The van der Waals surface area contributed by atoms with Crippen molar-refractivity contribution in [2.45, 2.75) is 11.1 Å². The molecule has 1 aromatic carbocycles. The molecule has 6 nitrogen and oxygen atoms in total. The van der Waals surface area contributed by atoms with Gasteiger partial charge in [0.25, 0.3) is 0 Å². The van der Waals surface area contributed by atoms with Crippen molar-refractivity contribution in [2.24, 2.45) is 5.14 Å². The third-order valence-corrected chi connectivity index (χ3v) is 4.33. The molecule has 11 heteroatoms. The van der Waals surface area contributed by atoms with Crippen molar-refractivity contribution >= 4 is 10.0 Å². The van der Waals surface area contributed by atoms with Gasteiger partial charge in [0.1, 0.15) is 11.5 Å². The van der Waals surface area contributed by atoms with E-state index in [-0.39, 0.29) is 22.1 Å². The summed E-state index contributed by atoms with van der Waals surface area (Å²) >= 11 is 0. The van der Waals surface area contributed by atoms with Gasteiger partial charge in [0, 0.05) is 11.9 Å². The Morgan fingerprint density at radius 3 is 2.19 bits per heavy atom. The number of pyridine rings is 1. The van der Waals surface area contributed by atoms with Crippen LogP contribution in [0.3, 0.4) is 0 Å². The minimum absolute atomic E-state index is 0.0115. The van der Waals surface area contributed by atoms with Gasteiger partial charge in [0.05, 0.1) is 11.1 Å². The van der Waals surface area contributed by atoms with Crippen LogP contribution in [0.1, 0.15) is 5.69 Å². The monoisotopic (exact) mass is 386 g/mol. The van der Waals surface area contributed by atoms with Gasteiger partial charge in [-0.1, -0.05) is 0 Å². The lowest BCUT2D eigenvalue weighted by molar-refractivity contribution is -0.140. The fourth-order valence-electron chi connectivity index (χ4n) is 2.20. The maximum Gasteiger partial charge on any atom is 0.434 e. The van der Waals surface area contributed by atoms with E-state index in [1.807, 2.05) is 0 Å². The number of nitrogens with two attached hydrogens (primary N) is 1. The maximum absolute atomic E-state index is 13.0. The van der Waals surface area contributed by atoms with Gasteiger partial charge in [-0.15, -0.1) is 0 Å². The molecule has 136 valence electrons. The zero-order valence-corrected chi connectivity index (χ0v) is 13.6. The van der Waals surface area contributed by atoms with Crippen LogP contribution < -0.4 is 5.14 Å². The van der Waals surface area contributed by atoms with Crippen molar-refractivity contribution in [1.82, 2.24) is 14.5 Å². The Kier molecular flexibility index (Phi) is 4.28. The second kappa shape index (κ2) is 6.18. The average Bonchev–Trinajstić information content (AvgIpc) is 3.00. The minimum atomic E-state index is -4.71. The normalized spacial score (nSPS) is 12.3. The first-order chi connectivity index (χ1) is 12.1. The van der Waals surface area contributed by atoms with Crippen LogP contribution in [-0.2, 0) is 16.2 Å². The van der Waals surface area contributed by atoms with E-state index >= 15 is 0 Å². The molecule has 2 aromatic heterocycles. The Balaban J connectivity index is 2.16. The largest absolute Gasteiger partial charge is 0.434 e. The second-order valence-corrected chi connectivity index (χ2v) is 6.78. The number of benzene rings is 1. The van der Waals surface area contributed by atoms with Gasteiger partial charge in [-0.3, -0.25) is 4.57 Å². The van der Waals surface area contributed by atoms with Gasteiger partial charge in [0.2, 0.25) is 10.0 Å². The average molecular weight is 386 g/mol. The highest BCUT2D eigenvalue weighted by atomic mass is 32.2. The van der Waals surface area contributed by atoms with E-state index in [4.69, 9.17) is 5.14 Å². The highest BCUT2D eigenvalue weighted by molar-refractivity contribution is 7.89. The topological polar surface area (TPSA) is 90.9 Å². The number of hydrogen-bond acceptors (Lipinski definition) is 4. The summed E-state index contributed by atoms with van der Waals surface area (Å²) in [6.07, 6.45) is -3.11. The molecule has 26 heavy (non-hydrogen) atoms. The number of alkyl halides is 3. The summed E-state index contributed by atoms with van der Waals surface area (Å²) in [4.78, 5) is 7.09. The fraction of sp³-hybridized carbons (Fsp3) is 0.0667. The first kappa shape index (κ1) is 18.0. The standard InChI is InChI=1S/C15H10F4N4O2S/c16-9-1-6-12(21-7-9)14-22-13(15(17,18)19)8-23(14)10-2-4-11(5-3-10)26(20,24)25/h1-8H,(H2,20,24,25). The zero-order chi connectivity index (χ0) is 19.1. The summed E-state index contributed by atoms with van der Waals surface area (Å²) in [5.74, 6) is -0.832. The second-order valence-electron chi connectivity index (χ2n) is 5.22. The van der Waals surface area contributed by atoms with Gasteiger partial charge in [-0.25, -0.2) is 27.9 Å². The SMILES string of the molecule is NS(=O)(=O)c1ccc(-n2cc(C(F)(F)F)nc2-c2ccc(F)cn2)cc1. The van der Waals surface area contributed by atoms with Crippen molar-refractivity contribution in [3.05, 3.63) is 60.3 Å². The van der Waals surface area contributed by atoms with Gasteiger partial charge in [-0.2, -0.15) is 13.2 Å². The zero-order valence-electron chi connectivity index (χ0n) is 12.8. The van der Waals surface area contributed by atoms with E-state index in [9.17, 15) is 26.0 Å². The van der Waals surface area contributed by atoms with Crippen LogP contribution in [-0.4, -0.2) is 23.0 Å². The highest BCUT2D eigenvalue weighted by Crippen LogP contribution is 2.32. The number of sulfonamides is 1. The number of rotatable bonds is 3. The molecule has 3 rings (SSSR count). The molecule has 0 atom stereocenters. The molecule has 0 saturated carbocycles. The summed E-state index contributed by atoms with van der Waals surface area (Å²) in [5.41, 5.74) is -0.965. The molecule has 0 aliphatic heterocycles. The van der Waals surface area contributed by atoms with E-state index in [0.717, 1.165) is 35.2 Å². The van der Waals surface area contributed by atoms with E-state index < -0.39 is 27.7 Å². The summed E-state index contributed by atoms with van der Waals surface area (Å²) in [6, 6.07) is 7.08. The Bertz CT molecular complexity index is 1040. The molecule has 2 heterocycles. The van der Waals surface area contributed by atoms with Crippen LogP contribution >= 0.6 is 0 Å². The smallest absolute Gasteiger partial charge is 0.298 e. The first-order valence-corrected chi connectivity index (χ1v) is 8.52. The number of nitrogens with zero attached hydrogens (tertiary/aromatic N) is 3. The van der Waals surface area contributed by atoms with Crippen molar-refractivity contribution < 1.29 is 26.0 Å². The summed E-state index contributed by atoms with van der Waals surface area (Å²) in [7, 11) is -3.95. The number of primary sulfonamides is 1. The molecule has 0 fully saturated rings. The molecule has 0 radical (unpaired) electrons. The molecule has 3 aromatic rings. The lowest BCUT2D eigenvalue weighted by atomic mass is 10.3. The maximum atomic E-state index is 13.0. The molecule has 0 aliphatic carbocycles. The molecule has 0 saturated heterocycles. The van der Waals surface area contributed by atoms with E-state index in [1.165, 1.54) is 18.2 Å².